The molecule has 0 aliphatic rings. The molecular formula is C14H11F3O. The topological polar surface area (TPSA) is 20.2 Å². The molecule has 1 atom stereocenters. The molecule has 18 heavy (non-hydrogen) atoms. The second-order valence-electron chi connectivity index (χ2n) is 4.24. The van der Waals surface area contributed by atoms with Crippen molar-refractivity contribution in [2.75, 3.05) is 0 Å². The summed E-state index contributed by atoms with van der Waals surface area (Å²) in [5.41, 5.74) is -1.16. The lowest BCUT2D eigenvalue weighted by atomic mass is 9.88. The van der Waals surface area contributed by atoms with E-state index in [0.29, 0.717) is 5.56 Å². The highest BCUT2D eigenvalue weighted by Gasteiger charge is 2.26. The van der Waals surface area contributed by atoms with E-state index in [-0.39, 0.29) is 5.56 Å². The van der Waals surface area contributed by atoms with E-state index in [2.05, 4.69) is 0 Å². The molecule has 0 aliphatic carbocycles. The molecule has 0 saturated carbocycles. The summed E-state index contributed by atoms with van der Waals surface area (Å²) < 4.78 is 39.1. The van der Waals surface area contributed by atoms with Gasteiger partial charge in [0.2, 0.25) is 0 Å². The van der Waals surface area contributed by atoms with Crippen LogP contribution in [0.3, 0.4) is 0 Å². The Morgan fingerprint density at radius 3 is 1.78 bits per heavy atom. The van der Waals surface area contributed by atoms with E-state index in [1.165, 1.54) is 31.2 Å². The largest absolute Gasteiger partial charge is 0.381 e. The molecule has 2 rings (SSSR count). The van der Waals surface area contributed by atoms with Crippen LogP contribution in [0.25, 0.3) is 0 Å². The maximum Gasteiger partial charge on any atom is 0.126 e. The molecule has 0 amide bonds. The molecule has 0 aliphatic heterocycles. The zero-order valence-electron chi connectivity index (χ0n) is 9.62. The third-order valence-electron chi connectivity index (χ3n) is 2.83. The molecule has 0 fully saturated rings. The summed E-state index contributed by atoms with van der Waals surface area (Å²) in [5, 5.41) is 10.3. The summed E-state index contributed by atoms with van der Waals surface area (Å²) in [4.78, 5) is 0. The Labute approximate surface area is 103 Å². The number of halogens is 3. The zero-order valence-corrected chi connectivity index (χ0v) is 9.62. The average molecular weight is 252 g/mol. The van der Waals surface area contributed by atoms with E-state index < -0.39 is 23.1 Å². The highest BCUT2D eigenvalue weighted by molar-refractivity contribution is 5.35. The van der Waals surface area contributed by atoms with Gasteiger partial charge in [0.1, 0.15) is 23.1 Å². The zero-order chi connectivity index (χ0) is 13.3. The van der Waals surface area contributed by atoms with Crippen LogP contribution in [0.1, 0.15) is 18.1 Å². The first-order valence-electron chi connectivity index (χ1n) is 5.34. The molecule has 2 aromatic rings. The van der Waals surface area contributed by atoms with Crippen LogP contribution in [0.5, 0.6) is 0 Å². The quantitative estimate of drug-likeness (QED) is 0.868. The van der Waals surface area contributed by atoms with Gasteiger partial charge in [0, 0.05) is 6.07 Å². The molecule has 1 unspecified atom stereocenters. The van der Waals surface area contributed by atoms with E-state index in [1.807, 2.05) is 0 Å². The van der Waals surface area contributed by atoms with Crippen molar-refractivity contribution < 1.29 is 18.3 Å². The smallest absolute Gasteiger partial charge is 0.126 e. The minimum atomic E-state index is -1.59. The van der Waals surface area contributed by atoms with Gasteiger partial charge in [-0.05, 0) is 42.3 Å². The number of hydrogen-bond donors (Lipinski definition) is 1. The number of hydrogen-bond acceptors (Lipinski definition) is 1. The second-order valence-corrected chi connectivity index (χ2v) is 4.24. The number of aliphatic hydroxyl groups is 1. The Hall–Kier alpha value is -1.81. The Kier molecular flexibility index (Phi) is 3.13. The normalized spacial score (nSPS) is 14.3. The first kappa shape index (κ1) is 12.6. The predicted octanol–water partition coefficient (Wildman–Crippen LogP) is 3.36. The standard InChI is InChI=1S/C14H11F3O/c1-14(18,9-2-4-11(15)5-3-9)10-6-12(16)8-13(17)7-10/h2-8,18H,1H3. The van der Waals surface area contributed by atoms with Gasteiger partial charge in [-0.25, -0.2) is 13.2 Å². The van der Waals surface area contributed by atoms with Crippen molar-refractivity contribution in [3.8, 4) is 0 Å². The summed E-state index contributed by atoms with van der Waals surface area (Å²) in [6.07, 6.45) is 0. The molecule has 0 aromatic heterocycles. The SMILES string of the molecule is CC(O)(c1ccc(F)cc1)c1cc(F)cc(F)c1. The monoisotopic (exact) mass is 252 g/mol. The molecule has 1 nitrogen and oxygen atoms in total. The van der Waals surface area contributed by atoms with E-state index in [1.54, 1.807) is 0 Å². The first-order chi connectivity index (χ1) is 8.39. The maximum absolute atomic E-state index is 13.1. The first-order valence-corrected chi connectivity index (χ1v) is 5.34. The van der Waals surface area contributed by atoms with Crippen LogP contribution in [-0.4, -0.2) is 5.11 Å². The van der Waals surface area contributed by atoms with Crippen molar-refractivity contribution in [3.05, 3.63) is 71.0 Å². The van der Waals surface area contributed by atoms with Gasteiger partial charge in [-0.2, -0.15) is 0 Å². The third-order valence-corrected chi connectivity index (χ3v) is 2.83. The Morgan fingerprint density at radius 2 is 1.28 bits per heavy atom. The molecule has 1 N–H and O–H groups in total. The van der Waals surface area contributed by atoms with Gasteiger partial charge >= 0.3 is 0 Å². The molecule has 4 heteroatoms. The van der Waals surface area contributed by atoms with Gasteiger partial charge in [0.15, 0.2) is 0 Å². The lowest BCUT2D eigenvalue weighted by Gasteiger charge is -2.24. The van der Waals surface area contributed by atoms with Gasteiger partial charge in [0.25, 0.3) is 0 Å². The Balaban J connectivity index is 2.49. The van der Waals surface area contributed by atoms with Gasteiger partial charge in [-0.3, -0.25) is 0 Å². The minimum Gasteiger partial charge on any atom is -0.381 e. The fourth-order valence-electron chi connectivity index (χ4n) is 1.78. The van der Waals surface area contributed by atoms with Crippen LogP contribution in [0.15, 0.2) is 42.5 Å². The summed E-state index contributed by atoms with van der Waals surface area (Å²) in [6, 6.07) is 7.93. The van der Waals surface area contributed by atoms with Crippen LogP contribution in [0, 0.1) is 17.5 Å². The molecule has 0 radical (unpaired) electrons. The van der Waals surface area contributed by atoms with Crippen LogP contribution >= 0.6 is 0 Å². The van der Waals surface area contributed by atoms with Crippen LogP contribution < -0.4 is 0 Å². The van der Waals surface area contributed by atoms with Crippen molar-refractivity contribution in [2.24, 2.45) is 0 Å². The molecular weight excluding hydrogens is 241 g/mol. The van der Waals surface area contributed by atoms with Crippen molar-refractivity contribution >= 4 is 0 Å². The van der Waals surface area contributed by atoms with E-state index in [4.69, 9.17) is 0 Å². The summed E-state index contributed by atoms with van der Waals surface area (Å²) in [5.74, 6) is -1.99. The highest BCUT2D eigenvalue weighted by Crippen LogP contribution is 2.30. The summed E-state index contributed by atoms with van der Waals surface area (Å²) in [7, 11) is 0. The van der Waals surface area contributed by atoms with Gasteiger partial charge < -0.3 is 5.11 Å². The summed E-state index contributed by atoms with van der Waals surface area (Å²) in [6.45, 7) is 1.40. The molecule has 2 aromatic carbocycles. The molecule has 0 bridgehead atoms. The van der Waals surface area contributed by atoms with Crippen molar-refractivity contribution in [1.29, 1.82) is 0 Å². The average Bonchev–Trinajstić information content (AvgIpc) is 2.28. The molecule has 0 spiro atoms. The van der Waals surface area contributed by atoms with Gasteiger partial charge in [-0.1, -0.05) is 12.1 Å². The fraction of sp³-hybridized carbons (Fsp3) is 0.143. The molecule has 0 heterocycles. The van der Waals surface area contributed by atoms with E-state index in [9.17, 15) is 18.3 Å². The van der Waals surface area contributed by atoms with Crippen LogP contribution in [-0.2, 0) is 5.60 Å². The predicted molar refractivity (Wildman–Crippen MR) is 61.4 cm³/mol. The molecule has 94 valence electrons. The Morgan fingerprint density at radius 1 is 0.778 bits per heavy atom. The van der Waals surface area contributed by atoms with Gasteiger partial charge in [-0.15, -0.1) is 0 Å². The summed E-state index contributed by atoms with van der Waals surface area (Å²) >= 11 is 0. The minimum absolute atomic E-state index is 0.0756. The van der Waals surface area contributed by atoms with E-state index >= 15 is 0 Å². The lowest BCUT2D eigenvalue weighted by Crippen LogP contribution is -2.23. The van der Waals surface area contributed by atoms with Crippen molar-refractivity contribution in [3.63, 3.8) is 0 Å². The fourth-order valence-corrected chi connectivity index (χ4v) is 1.78. The van der Waals surface area contributed by atoms with Crippen molar-refractivity contribution in [2.45, 2.75) is 12.5 Å². The van der Waals surface area contributed by atoms with Crippen LogP contribution in [0.4, 0.5) is 13.2 Å². The van der Waals surface area contributed by atoms with E-state index in [0.717, 1.165) is 18.2 Å². The number of rotatable bonds is 2. The lowest BCUT2D eigenvalue weighted by molar-refractivity contribution is 0.101. The van der Waals surface area contributed by atoms with Crippen molar-refractivity contribution in [1.82, 2.24) is 0 Å². The second kappa shape index (κ2) is 4.46. The maximum atomic E-state index is 13.1. The van der Waals surface area contributed by atoms with Crippen LogP contribution in [0.2, 0.25) is 0 Å². The third kappa shape index (κ3) is 2.38. The Bertz CT molecular complexity index is 542. The number of benzene rings is 2. The molecule has 0 saturated heterocycles. The highest BCUT2D eigenvalue weighted by atomic mass is 19.1. The van der Waals surface area contributed by atoms with Gasteiger partial charge in [0.05, 0.1) is 0 Å².